The van der Waals surface area contributed by atoms with Gasteiger partial charge in [0.25, 0.3) is 5.56 Å². The molecule has 9 nitrogen and oxygen atoms in total. The Labute approximate surface area is 193 Å². The van der Waals surface area contributed by atoms with E-state index in [1.165, 1.54) is 6.33 Å². The van der Waals surface area contributed by atoms with Crippen molar-refractivity contribution < 1.29 is 14.2 Å². The van der Waals surface area contributed by atoms with Gasteiger partial charge in [-0.05, 0) is 48.4 Å². The van der Waals surface area contributed by atoms with Crippen LogP contribution in [-0.4, -0.2) is 45.7 Å². The number of H-pyrrole nitrogens is 2. The van der Waals surface area contributed by atoms with Crippen molar-refractivity contribution >= 4 is 21.9 Å². The summed E-state index contributed by atoms with van der Waals surface area (Å²) in [6.07, 6.45) is 3.97. The highest BCUT2D eigenvalue weighted by atomic mass is 16.5. The van der Waals surface area contributed by atoms with Gasteiger partial charge in [0.2, 0.25) is 0 Å². The van der Waals surface area contributed by atoms with Gasteiger partial charge >= 0.3 is 0 Å². The van der Waals surface area contributed by atoms with Crippen LogP contribution >= 0.6 is 0 Å². The third-order valence-corrected chi connectivity index (χ3v) is 6.20. The molecule has 1 aliphatic heterocycles. The number of rotatable bonds is 4. The predicted octanol–water partition coefficient (Wildman–Crippen LogP) is 3.60. The van der Waals surface area contributed by atoms with Crippen LogP contribution in [0.1, 0.15) is 17.3 Å². The summed E-state index contributed by atoms with van der Waals surface area (Å²) < 4.78 is 16.9. The topological polar surface area (TPSA) is 115 Å². The lowest BCUT2D eigenvalue weighted by Gasteiger charge is -2.25. The third kappa shape index (κ3) is 3.24. The summed E-state index contributed by atoms with van der Waals surface area (Å²) in [6, 6.07) is 11.3. The lowest BCUT2D eigenvalue weighted by molar-refractivity contribution is 0.257. The molecule has 1 aliphatic rings. The number of benzene rings is 2. The second kappa shape index (κ2) is 7.87. The molecule has 2 aromatic carbocycles. The van der Waals surface area contributed by atoms with Gasteiger partial charge in [-0.2, -0.15) is 0 Å². The number of nitrogens with one attached hydrogen (secondary N) is 2. The fourth-order valence-corrected chi connectivity index (χ4v) is 4.49. The standard InChI is InChI=1S/C25H21N5O4/c1-32-16-3-4-19-13(8-16)7-15(11-34-19)23-29-22-18(25(31)30-23)9-14(10-20(22)33-2)21-17-5-6-26-24(17)28-12-27-21/h3-6,8-10,12,15H,7,11H2,1-2H3,(H,26,27,28)(H,29,30,31). The minimum Gasteiger partial charge on any atom is -0.497 e. The van der Waals surface area contributed by atoms with E-state index in [0.717, 1.165) is 33.7 Å². The Bertz CT molecular complexity index is 1610. The molecule has 3 aromatic heterocycles. The van der Waals surface area contributed by atoms with Crippen molar-refractivity contribution in [1.29, 1.82) is 0 Å². The number of aromatic amines is 2. The van der Waals surface area contributed by atoms with E-state index in [9.17, 15) is 4.79 Å². The fourth-order valence-electron chi connectivity index (χ4n) is 4.49. The molecule has 0 amide bonds. The first-order valence-electron chi connectivity index (χ1n) is 10.8. The molecule has 170 valence electrons. The molecular weight excluding hydrogens is 434 g/mol. The van der Waals surface area contributed by atoms with Crippen molar-refractivity contribution in [2.45, 2.75) is 12.3 Å². The number of ether oxygens (including phenoxy) is 3. The zero-order valence-corrected chi connectivity index (χ0v) is 18.6. The van der Waals surface area contributed by atoms with Crippen LogP contribution in [0.25, 0.3) is 33.2 Å². The average molecular weight is 455 g/mol. The van der Waals surface area contributed by atoms with Gasteiger partial charge in [0.15, 0.2) is 0 Å². The number of aromatic nitrogens is 5. The van der Waals surface area contributed by atoms with E-state index in [0.29, 0.717) is 41.2 Å². The molecule has 2 N–H and O–H groups in total. The summed E-state index contributed by atoms with van der Waals surface area (Å²) in [4.78, 5) is 32.7. The van der Waals surface area contributed by atoms with Crippen LogP contribution < -0.4 is 19.8 Å². The number of fused-ring (bicyclic) bond motifs is 3. The molecule has 1 atom stereocenters. The molecule has 5 aromatic rings. The molecule has 0 bridgehead atoms. The first kappa shape index (κ1) is 20.2. The summed E-state index contributed by atoms with van der Waals surface area (Å²) in [5.74, 6) is 2.54. The molecule has 0 saturated heterocycles. The van der Waals surface area contributed by atoms with Crippen LogP contribution in [0, 0.1) is 0 Å². The lowest BCUT2D eigenvalue weighted by atomic mass is 9.95. The van der Waals surface area contributed by atoms with E-state index in [4.69, 9.17) is 19.2 Å². The molecule has 6 rings (SSSR count). The second-order valence-corrected chi connectivity index (χ2v) is 8.17. The Morgan fingerprint density at radius 1 is 1.06 bits per heavy atom. The highest BCUT2D eigenvalue weighted by Crippen LogP contribution is 2.35. The van der Waals surface area contributed by atoms with Crippen LogP contribution in [0.3, 0.4) is 0 Å². The van der Waals surface area contributed by atoms with Crippen molar-refractivity contribution in [3.63, 3.8) is 0 Å². The van der Waals surface area contributed by atoms with E-state index in [-0.39, 0.29) is 11.5 Å². The largest absolute Gasteiger partial charge is 0.497 e. The monoisotopic (exact) mass is 455 g/mol. The first-order chi connectivity index (χ1) is 16.6. The van der Waals surface area contributed by atoms with Gasteiger partial charge in [-0.1, -0.05) is 0 Å². The molecule has 0 radical (unpaired) electrons. The van der Waals surface area contributed by atoms with Crippen molar-refractivity contribution in [2.24, 2.45) is 0 Å². The summed E-state index contributed by atoms with van der Waals surface area (Å²) in [7, 11) is 3.20. The molecule has 0 saturated carbocycles. The summed E-state index contributed by atoms with van der Waals surface area (Å²) in [5.41, 5.74) is 3.46. The first-order valence-corrected chi connectivity index (χ1v) is 10.8. The SMILES string of the molecule is COc1ccc2c(c1)CC(c1nc3c(OC)cc(-c4ncnc5[nH]ccc45)cc3c(=O)[nH]1)CO2. The number of methoxy groups -OCH3 is 2. The number of nitrogens with zero attached hydrogens (tertiary/aromatic N) is 3. The lowest BCUT2D eigenvalue weighted by Crippen LogP contribution is -2.24. The average Bonchev–Trinajstić information content (AvgIpc) is 3.36. The second-order valence-electron chi connectivity index (χ2n) is 8.17. The van der Waals surface area contributed by atoms with Crippen molar-refractivity contribution in [3.05, 3.63) is 70.7 Å². The van der Waals surface area contributed by atoms with Crippen LogP contribution in [0.15, 0.2) is 53.7 Å². The normalized spacial score (nSPS) is 15.2. The van der Waals surface area contributed by atoms with Crippen LogP contribution in [0.2, 0.25) is 0 Å². The molecular formula is C25H21N5O4. The minimum atomic E-state index is -0.240. The van der Waals surface area contributed by atoms with Crippen molar-refractivity contribution in [2.75, 3.05) is 20.8 Å². The summed E-state index contributed by atoms with van der Waals surface area (Å²) in [5, 5.41) is 1.29. The Morgan fingerprint density at radius 2 is 1.97 bits per heavy atom. The van der Waals surface area contributed by atoms with Crippen LogP contribution in [0.5, 0.6) is 17.2 Å². The highest BCUT2D eigenvalue weighted by molar-refractivity contribution is 5.95. The molecule has 1 unspecified atom stereocenters. The van der Waals surface area contributed by atoms with Gasteiger partial charge in [0.1, 0.15) is 40.6 Å². The van der Waals surface area contributed by atoms with E-state index in [1.54, 1.807) is 20.3 Å². The molecule has 9 heteroatoms. The van der Waals surface area contributed by atoms with Crippen LogP contribution in [0.4, 0.5) is 0 Å². The predicted molar refractivity (Wildman–Crippen MR) is 127 cm³/mol. The molecule has 0 spiro atoms. The van der Waals surface area contributed by atoms with E-state index in [1.807, 2.05) is 36.5 Å². The van der Waals surface area contributed by atoms with E-state index < -0.39 is 0 Å². The van der Waals surface area contributed by atoms with Crippen molar-refractivity contribution in [3.8, 4) is 28.5 Å². The van der Waals surface area contributed by atoms with Crippen LogP contribution in [-0.2, 0) is 6.42 Å². The maximum Gasteiger partial charge on any atom is 0.258 e. The minimum absolute atomic E-state index is 0.109. The van der Waals surface area contributed by atoms with Gasteiger partial charge < -0.3 is 24.2 Å². The van der Waals surface area contributed by atoms with Gasteiger partial charge in [-0.3, -0.25) is 4.79 Å². The maximum absolute atomic E-state index is 13.2. The smallest absolute Gasteiger partial charge is 0.258 e. The zero-order valence-electron chi connectivity index (χ0n) is 18.6. The molecule has 0 aliphatic carbocycles. The maximum atomic E-state index is 13.2. The molecule has 4 heterocycles. The van der Waals surface area contributed by atoms with Gasteiger partial charge in [0, 0.05) is 17.1 Å². The highest BCUT2D eigenvalue weighted by Gasteiger charge is 2.25. The summed E-state index contributed by atoms with van der Waals surface area (Å²) in [6.45, 7) is 0.417. The van der Waals surface area contributed by atoms with E-state index >= 15 is 0 Å². The third-order valence-electron chi connectivity index (χ3n) is 6.20. The quantitative estimate of drug-likeness (QED) is 0.425. The number of hydrogen-bond donors (Lipinski definition) is 2. The number of hydrogen-bond acceptors (Lipinski definition) is 7. The zero-order chi connectivity index (χ0) is 23.2. The van der Waals surface area contributed by atoms with Crippen molar-refractivity contribution in [1.82, 2.24) is 24.9 Å². The Morgan fingerprint density at radius 3 is 2.82 bits per heavy atom. The molecule has 34 heavy (non-hydrogen) atoms. The Kier molecular flexibility index (Phi) is 4.68. The molecule has 0 fully saturated rings. The van der Waals surface area contributed by atoms with Gasteiger partial charge in [-0.25, -0.2) is 15.0 Å². The summed E-state index contributed by atoms with van der Waals surface area (Å²) >= 11 is 0. The van der Waals surface area contributed by atoms with Gasteiger partial charge in [-0.15, -0.1) is 0 Å². The Hall–Kier alpha value is -4.40. The fraction of sp³-hybridized carbons (Fsp3) is 0.200. The van der Waals surface area contributed by atoms with E-state index in [2.05, 4.69) is 19.9 Å². The Balaban J connectivity index is 1.45. The van der Waals surface area contributed by atoms with Gasteiger partial charge in [0.05, 0.1) is 37.8 Å².